The summed E-state index contributed by atoms with van der Waals surface area (Å²) in [6, 6.07) is 2.96. The molecule has 1 unspecified atom stereocenters. The van der Waals surface area contributed by atoms with Crippen molar-refractivity contribution in [2.45, 2.75) is 31.3 Å². The predicted octanol–water partition coefficient (Wildman–Crippen LogP) is 2.11. The molecule has 3 aliphatic rings. The van der Waals surface area contributed by atoms with Crippen LogP contribution in [0.15, 0.2) is 18.2 Å². The molecule has 3 fully saturated rings. The van der Waals surface area contributed by atoms with Crippen molar-refractivity contribution in [3.8, 4) is 0 Å². The molecule has 0 bridgehead atoms. The third kappa shape index (κ3) is 3.58. The topological polar surface area (TPSA) is 58.6 Å². The standard InChI is InChI=1S/C19H22F2N2O3/c20-14-3-4-15(16(21)6-14)18(25)23-10-19(11-23)7-13(9-26-19)5-17(24)22-8-12-1-2-12/h3-4,6,12-13H,1-2,5,7-11H2,(H,22,24). The van der Waals surface area contributed by atoms with Crippen LogP contribution in [0, 0.1) is 23.5 Å². The maximum absolute atomic E-state index is 13.8. The molecule has 0 aromatic heterocycles. The highest BCUT2D eigenvalue weighted by atomic mass is 19.1. The first kappa shape index (κ1) is 17.4. The Kier molecular flexibility index (Phi) is 4.42. The Labute approximate surface area is 150 Å². The van der Waals surface area contributed by atoms with Gasteiger partial charge in [-0.25, -0.2) is 8.78 Å². The molecule has 1 atom stereocenters. The van der Waals surface area contributed by atoms with Gasteiger partial charge < -0.3 is 15.0 Å². The van der Waals surface area contributed by atoms with Crippen molar-refractivity contribution >= 4 is 11.8 Å². The summed E-state index contributed by atoms with van der Waals surface area (Å²) < 4.78 is 32.6. The minimum atomic E-state index is -0.853. The number of hydrogen-bond donors (Lipinski definition) is 1. The zero-order chi connectivity index (χ0) is 18.3. The van der Waals surface area contributed by atoms with Gasteiger partial charge in [0.1, 0.15) is 17.2 Å². The largest absolute Gasteiger partial charge is 0.371 e. The van der Waals surface area contributed by atoms with Crippen LogP contribution in [0.1, 0.15) is 36.0 Å². The van der Waals surface area contributed by atoms with Crippen LogP contribution < -0.4 is 5.32 Å². The van der Waals surface area contributed by atoms with E-state index in [2.05, 4.69) is 5.32 Å². The number of carbonyl (C=O) groups excluding carboxylic acids is 2. The first-order valence-electron chi connectivity index (χ1n) is 9.09. The zero-order valence-electron chi connectivity index (χ0n) is 14.5. The van der Waals surface area contributed by atoms with Crippen molar-refractivity contribution < 1.29 is 23.1 Å². The molecule has 5 nitrogen and oxygen atoms in total. The Hall–Kier alpha value is -2.02. The van der Waals surface area contributed by atoms with Crippen molar-refractivity contribution in [1.82, 2.24) is 10.2 Å². The SMILES string of the molecule is O=C(CC1COC2(C1)CN(C(=O)c1ccc(F)cc1F)C2)NCC1CC1. The molecule has 7 heteroatoms. The molecule has 140 valence electrons. The second-order valence-corrected chi connectivity index (χ2v) is 7.80. The van der Waals surface area contributed by atoms with E-state index in [1.165, 1.54) is 23.8 Å². The Morgan fingerprint density at radius 3 is 2.69 bits per heavy atom. The molecule has 1 saturated carbocycles. The number of benzene rings is 1. The third-order valence-corrected chi connectivity index (χ3v) is 5.45. The maximum Gasteiger partial charge on any atom is 0.257 e. The number of hydrogen-bond acceptors (Lipinski definition) is 3. The van der Waals surface area contributed by atoms with Crippen LogP contribution in [-0.2, 0) is 9.53 Å². The van der Waals surface area contributed by atoms with Crippen LogP contribution in [0.3, 0.4) is 0 Å². The van der Waals surface area contributed by atoms with E-state index < -0.39 is 23.1 Å². The van der Waals surface area contributed by atoms with Crippen molar-refractivity contribution in [1.29, 1.82) is 0 Å². The Morgan fingerprint density at radius 2 is 2.00 bits per heavy atom. The molecule has 2 saturated heterocycles. The number of halogens is 2. The van der Waals surface area contributed by atoms with E-state index >= 15 is 0 Å². The second kappa shape index (κ2) is 6.61. The van der Waals surface area contributed by atoms with Gasteiger partial charge in [-0.2, -0.15) is 0 Å². The van der Waals surface area contributed by atoms with Gasteiger partial charge >= 0.3 is 0 Å². The van der Waals surface area contributed by atoms with E-state index in [1.807, 2.05) is 0 Å². The molecular formula is C19H22F2N2O3. The van der Waals surface area contributed by atoms with Gasteiger partial charge in [0.15, 0.2) is 0 Å². The zero-order valence-corrected chi connectivity index (χ0v) is 14.5. The van der Waals surface area contributed by atoms with E-state index in [0.717, 1.165) is 19.0 Å². The molecule has 1 spiro atoms. The van der Waals surface area contributed by atoms with E-state index in [0.29, 0.717) is 38.1 Å². The Balaban J connectivity index is 1.27. The summed E-state index contributed by atoms with van der Waals surface area (Å²) in [5.41, 5.74) is -0.552. The van der Waals surface area contributed by atoms with Crippen molar-refractivity contribution in [3.63, 3.8) is 0 Å². The highest BCUT2D eigenvalue weighted by molar-refractivity contribution is 5.95. The van der Waals surface area contributed by atoms with Gasteiger partial charge in [0.25, 0.3) is 5.91 Å². The second-order valence-electron chi connectivity index (χ2n) is 7.80. The molecule has 1 aliphatic carbocycles. The highest BCUT2D eigenvalue weighted by Crippen LogP contribution is 2.39. The lowest BCUT2D eigenvalue weighted by Crippen LogP contribution is -2.63. The summed E-state index contributed by atoms with van der Waals surface area (Å²) >= 11 is 0. The average molecular weight is 364 g/mol. The molecule has 2 aliphatic heterocycles. The maximum atomic E-state index is 13.8. The normalized spacial score (nSPS) is 23.8. The average Bonchev–Trinajstić information content (AvgIpc) is 3.30. The van der Waals surface area contributed by atoms with Gasteiger partial charge in [0, 0.05) is 19.0 Å². The number of rotatable bonds is 5. The first-order chi connectivity index (χ1) is 12.4. The number of amides is 2. The summed E-state index contributed by atoms with van der Waals surface area (Å²) in [5, 5.41) is 2.96. The van der Waals surface area contributed by atoms with Crippen LogP contribution in [0.4, 0.5) is 8.78 Å². The lowest BCUT2D eigenvalue weighted by atomic mass is 9.85. The van der Waals surface area contributed by atoms with E-state index in [1.54, 1.807) is 0 Å². The summed E-state index contributed by atoms with van der Waals surface area (Å²) in [5.74, 6) is -1.16. The highest BCUT2D eigenvalue weighted by Gasteiger charge is 2.51. The molecule has 1 N–H and O–H groups in total. The molecule has 2 heterocycles. The van der Waals surface area contributed by atoms with Crippen molar-refractivity contribution in [2.24, 2.45) is 11.8 Å². The molecule has 2 amide bonds. The molecular weight excluding hydrogens is 342 g/mol. The van der Waals surface area contributed by atoms with Crippen LogP contribution in [-0.4, -0.2) is 48.6 Å². The van der Waals surface area contributed by atoms with Gasteiger partial charge in [-0.15, -0.1) is 0 Å². The summed E-state index contributed by atoms with van der Waals surface area (Å²) in [6.45, 7) is 2.03. The molecule has 1 aromatic rings. The van der Waals surface area contributed by atoms with Crippen molar-refractivity contribution in [2.75, 3.05) is 26.2 Å². The number of nitrogens with zero attached hydrogens (tertiary/aromatic N) is 1. The lowest BCUT2D eigenvalue weighted by Gasteiger charge is -2.47. The predicted molar refractivity (Wildman–Crippen MR) is 89.4 cm³/mol. The fraction of sp³-hybridized carbons (Fsp3) is 0.579. The van der Waals surface area contributed by atoms with Gasteiger partial charge in [0.2, 0.25) is 5.91 Å². The van der Waals surface area contributed by atoms with Gasteiger partial charge in [-0.05, 0) is 43.2 Å². The van der Waals surface area contributed by atoms with Crippen LogP contribution in [0.25, 0.3) is 0 Å². The van der Waals surface area contributed by atoms with Crippen molar-refractivity contribution in [3.05, 3.63) is 35.4 Å². The quantitative estimate of drug-likeness (QED) is 0.871. The summed E-state index contributed by atoms with van der Waals surface area (Å²) in [4.78, 5) is 25.8. The van der Waals surface area contributed by atoms with Gasteiger partial charge in [-0.3, -0.25) is 9.59 Å². The first-order valence-corrected chi connectivity index (χ1v) is 9.09. The van der Waals surface area contributed by atoms with Crippen LogP contribution in [0.5, 0.6) is 0 Å². The molecule has 0 radical (unpaired) electrons. The Bertz CT molecular complexity index is 729. The Morgan fingerprint density at radius 1 is 1.23 bits per heavy atom. The number of nitrogens with one attached hydrogen (secondary N) is 1. The number of carbonyl (C=O) groups is 2. The van der Waals surface area contributed by atoms with Crippen LogP contribution >= 0.6 is 0 Å². The minimum absolute atomic E-state index is 0.0585. The van der Waals surface area contributed by atoms with Gasteiger partial charge in [-0.1, -0.05) is 0 Å². The minimum Gasteiger partial charge on any atom is -0.371 e. The van der Waals surface area contributed by atoms with E-state index in [-0.39, 0.29) is 17.4 Å². The van der Waals surface area contributed by atoms with Gasteiger partial charge in [0.05, 0.1) is 25.3 Å². The smallest absolute Gasteiger partial charge is 0.257 e. The fourth-order valence-electron chi connectivity index (χ4n) is 3.83. The molecule has 26 heavy (non-hydrogen) atoms. The lowest BCUT2D eigenvalue weighted by molar-refractivity contribution is -0.122. The van der Waals surface area contributed by atoms with Crippen LogP contribution in [0.2, 0.25) is 0 Å². The molecule has 1 aromatic carbocycles. The summed E-state index contributed by atoms with van der Waals surface area (Å²) in [7, 11) is 0. The third-order valence-electron chi connectivity index (χ3n) is 5.45. The number of ether oxygens (including phenoxy) is 1. The fourth-order valence-corrected chi connectivity index (χ4v) is 3.83. The van der Waals surface area contributed by atoms with E-state index in [4.69, 9.17) is 4.74 Å². The molecule has 4 rings (SSSR count). The number of likely N-dealkylation sites (tertiary alicyclic amines) is 1. The monoisotopic (exact) mass is 364 g/mol. The summed E-state index contributed by atoms with van der Waals surface area (Å²) in [6.07, 6.45) is 3.57. The van der Waals surface area contributed by atoms with E-state index in [9.17, 15) is 18.4 Å².